The lowest BCUT2D eigenvalue weighted by molar-refractivity contribution is 0.0966. The number of hydrogen-bond donors (Lipinski definition) is 1. The van der Waals surface area contributed by atoms with Crippen LogP contribution in [0.15, 0.2) is 12.1 Å². The first kappa shape index (κ1) is 14.2. The van der Waals surface area contributed by atoms with Crippen LogP contribution in [-0.4, -0.2) is 18.9 Å². The molecule has 0 amide bonds. The monoisotopic (exact) mass is 263 g/mol. The second-order valence-corrected chi connectivity index (χ2v) is 5.59. The van der Waals surface area contributed by atoms with Crippen LogP contribution in [-0.2, 0) is 0 Å². The Balaban J connectivity index is 1.99. The van der Waals surface area contributed by atoms with E-state index in [1.807, 2.05) is 19.9 Å². The van der Waals surface area contributed by atoms with E-state index in [0.717, 1.165) is 43.5 Å². The minimum absolute atomic E-state index is 0.0477. The van der Waals surface area contributed by atoms with Crippen LogP contribution in [0.3, 0.4) is 0 Å². The largest absolute Gasteiger partial charge is 0.317 e. The van der Waals surface area contributed by atoms with Gasteiger partial charge < -0.3 is 5.32 Å². The minimum Gasteiger partial charge on any atom is -0.317 e. The molecule has 1 aromatic carbocycles. The number of Topliss-reactive ketones (excluding diaryl/α,β-unsaturated/α-hetero) is 1. The van der Waals surface area contributed by atoms with Crippen LogP contribution >= 0.6 is 0 Å². The summed E-state index contributed by atoms with van der Waals surface area (Å²) in [6.45, 7) is 5.74. The highest BCUT2D eigenvalue weighted by atomic mass is 19.1. The third kappa shape index (κ3) is 3.63. The minimum atomic E-state index is -0.368. The maximum atomic E-state index is 13.9. The maximum absolute atomic E-state index is 13.9. The summed E-state index contributed by atoms with van der Waals surface area (Å²) < 4.78 is 13.9. The molecular formula is C16H22FNO. The molecule has 104 valence electrons. The number of piperidine rings is 1. The van der Waals surface area contributed by atoms with Gasteiger partial charge in [-0.15, -0.1) is 0 Å². The molecule has 3 heteroatoms. The van der Waals surface area contributed by atoms with Crippen molar-refractivity contribution in [1.82, 2.24) is 5.32 Å². The zero-order valence-corrected chi connectivity index (χ0v) is 11.8. The Labute approximate surface area is 114 Å². The van der Waals surface area contributed by atoms with E-state index in [1.54, 1.807) is 0 Å². The molecule has 0 aromatic heterocycles. The number of rotatable bonds is 4. The molecule has 1 aromatic rings. The first-order valence-electron chi connectivity index (χ1n) is 7.08. The van der Waals surface area contributed by atoms with Crippen molar-refractivity contribution in [2.45, 2.75) is 39.5 Å². The molecular weight excluding hydrogens is 241 g/mol. The number of ketones is 1. The fourth-order valence-corrected chi connectivity index (χ4v) is 2.90. The van der Waals surface area contributed by atoms with Gasteiger partial charge in [0.2, 0.25) is 0 Å². The molecule has 0 radical (unpaired) electrons. The molecule has 0 spiro atoms. The van der Waals surface area contributed by atoms with Gasteiger partial charge in [-0.25, -0.2) is 4.39 Å². The van der Waals surface area contributed by atoms with E-state index < -0.39 is 0 Å². The molecule has 0 aliphatic carbocycles. The van der Waals surface area contributed by atoms with Gasteiger partial charge in [-0.05, 0) is 69.3 Å². The van der Waals surface area contributed by atoms with Gasteiger partial charge >= 0.3 is 0 Å². The van der Waals surface area contributed by atoms with E-state index in [2.05, 4.69) is 5.32 Å². The van der Waals surface area contributed by atoms with Crippen LogP contribution in [0, 0.1) is 25.6 Å². The first-order chi connectivity index (χ1) is 9.08. The Kier molecular flexibility index (Phi) is 4.70. The Morgan fingerprint density at radius 2 is 2.00 bits per heavy atom. The summed E-state index contributed by atoms with van der Waals surface area (Å²) in [5.41, 5.74) is 1.91. The molecule has 1 heterocycles. The topological polar surface area (TPSA) is 29.1 Å². The standard InChI is InChI=1S/C16H22FNO/c1-11-9-12(2)16(14(17)10-11)15(19)4-3-13-5-7-18-8-6-13/h9-10,13,18H,3-8H2,1-2H3. The van der Waals surface area contributed by atoms with Crippen LogP contribution in [0.5, 0.6) is 0 Å². The molecule has 2 nitrogen and oxygen atoms in total. The Morgan fingerprint density at radius 3 is 2.63 bits per heavy atom. The second-order valence-electron chi connectivity index (χ2n) is 5.59. The van der Waals surface area contributed by atoms with Crippen molar-refractivity contribution >= 4 is 5.78 Å². The number of aryl methyl sites for hydroxylation is 2. The maximum Gasteiger partial charge on any atom is 0.166 e. The number of carbonyl (C=O) groups excluding carboxylic acids is 1. The van der Waals surface area contributed by atoms with E-state index in [4.69, 9.17) is 0 Å². The summed E-state index contributed by atoms with van der Waals surface area (Å²) >= 11 is 0. The fraction of sp³-hybridized carbons (Fsp3) is 0.562. The number of hydrogen-bond acceptors (Lipinski definition) is 2. The summed E-state index contributed by atoms with van der Waals surface area (Å²) in [5.74, 6) is 0.195. The predicted molar refractivity (Wildman–Crippen MR) is 75.0 cm³/mol. The molecule has 1 aliphatic rings. The van der Waals surface area contributed by atoms with Gasteiger partial charge in [-0.1, -0.05) is 6.07 Å². The zero-order valence-electron chi connectivity index (χ0n) is 11.8. The van der Waals surface area contributed by atoms with E-state index in [1.165, 1.54) is 6.07 Å². The van der Waals surface area contributed by atoms with Crippen LogP contribution in [0.2, 0.25) is 0 Å². The van der Waals surface area contributed by atoms with E-state index in [9.17, 15) is 9.18 Å². The average Bonchev–Trinajstić information content (AvgIpc) is 2.36. The van der Waals surface area contributed by atoms with Crippen molar-refractivity contribution in [3.63, 3.8) is 0 Å². The van der Waals surface area contributed by atoms with Crippen LogP contribution in [0.1, 0.15) is 47.2 Å². The molecule has 0 unspecified atom stereocenters. The van der Waals surface area contributed by atoms with Gasteiger partial charge in [0.1, 0.15) is 5.82 Å². The molecule has 1 saturated heterocycles. The highest BCUT2D eigenvalue weighted by Gasteiger charge is 2.18. The van der Waals surface area contributed by atoms with Gasteiger partial charge in [0.25, 0.3) is 0 Å². The average molecular weight is 263 g/mol. The van der Waals surface area contributed by atoms with Crippen LogP contribution in [0.4, 0.5) is 4.39 Å². The lowest BCUT2D eigenvalue weighted by Crippen LogP contribution is -2.28. The summed E-state index contributed by atoms with van der Waals surface area (Å²) in [6.07, 6.45) is 3.60. The summed E-state index contributed by atoms with van der Waals surface area (Å²) in [6, 6.07) is 3.33. The van der Waals surface area contributed by atoms with Crippen molar-refractivity contribution < 1.29 is 9.18 Å². The van der Waals surface area contributed by atoms with Crippen molar-refractivity contribution in [3.8, 4) is 0 Å². The zero-order chi connectivity index (χ0) is 13.8. The number of carbonyl (C=O) groups is 1. The number of halogens is 1. The van der Waals surface area contributed by atoms with Crippen molar-refractivity contribution in [2.24, 2.45) is 5.92 Å². The Hall–Kier alpha value is -1.22. The van der Waals surface area contributed by atoms with Crippen molar-refractivity contribution in [2.75, 3.05) is 13.1 Å². The first-order valence-corrected chi connectivity index (χ1v) is 7.08. The highest BCUT2D eigenvalue weighted by Crippen LogP contribution is 2.22. The molecule has 1 aliphatic heterocycles. The fourth-order valence-electron chi connectivity index (χ4n) is 2.90. The highest BCUT2D eigenvalue weighted by molar-refractivity contribution is 5.97. The third-order valence-electron chi connectivity index (χ3n) is 3.95. The summed E-state index contributed by atoms with van der Waals surface area (Å²) in [5, 5.41) is 3.31. The molecule has 1 fully saturated rings. The lowest BCUT2D eigenvalue weighted by Gasteiger charge is -2.22. The molecule has 0 saturated carbocycles. The Bertz CT molecular complexity index is 441. The smallest absolute Gasteiger partial charge is 0.166 e. The van der Waals surface area contributed by atoms with E-state index >= 15 is 0 Å². The van der Waals surface area contributed by atoms with Crippen LogP contribution in [0.25, 0.3) is 0 Å². The summed E-state index contributed by atoms with van der Waals surface area (Å²) in [7, 11) is 0. The SMILES string of the molecule is Cc1cc(C)c(C(=O)CCC2CCNCC2)c(F)c1. The molecule has 0 bridgehead atoms. The van der Waals surface area contributed by atoms with Gasteiger partial charge in [0.15, 0.2) is 5.78 Å². The van der Waals surface area contributed by atoms with Gasteiger partial charge in [-0.3, -0.25) is 4.79 Å². The third-order valence-corrected chi connectivity index (χ3v) is 3.95. The van der Waals surface area contributed by atoms with E-state index in [0.29, 0.717) is 17.9 Å². The summed E-state index contributed by atoms with van der Waals surface area (Å²) in [4.78, 5) is 12.2. The van der Waals surface area contributed by atoms with Crippen molar-refractivity contribution in [1.29, 1.82) is 0 Å². The lowest BCUT2D eigenvalue weighted by atomic mass is 9.90. The van der Waals surface area contributed by atoms with Gasteiger partial charge in [0.05, 0.1) is 5.56 Å². The van der Waals surface area contributed by atoms with Gasteiger partial charge in [-0.2, -0.15) is 0 Å². The predicted octanol–water partition coefficient (Wildman–Crippen LogP) is 3.41. The normalized spacial score (nSPS) is 16.6. The molecule has 19 heavy (non-hydrogen) atoms. The van der Waals surface area contributed by atoms with Crippen molar-refractivity contribution in [3.05, 3.63) is 34.6 Å². The van der Waals surface area contributed by atoms with Crippen LogP contribution < -0.4 is 5.32 Å². The molecule has 1 N–H and O–H groups in total. The second kappa shape index (κ2) is 6.29. The Morgan fingerprint density at radius 1 is 1.32 bits per heavy atom. The number of benzene rings is 1. The van der Waals surface area contributed by atoms with Gasteiger partial charge in [0, 0.05) is 6.42 Å². The quantitative estimate of drug-likeness (QED) is 0.843. The molecule has 0 atom stereocenters. The number of nitrogens with one attached hydrogen (secondary N) is 1. The molecule has 2 rings (SSSR count). The van der Waals surface area contributed by atoms with E-state index in [-0.39, 0.29) is 11.6 Å².